The van der Waals surface area contributed by atoms with Gasteiger partial charge in [-0.25, -0.2) is 5.43 Å². The highest BCUT2D eigenvalue weighted by Crippen LogP contribution is 2.20. The standard InChI is InChI=1S/C22H18ClN3O4/c1-15-2-4-16(5-3-15)14-30-20-9-6-17(7-10-20)22(27)25-24-13-18-12-19(26(28)29)8-11-21(18)23/h2-13H,14H2,1H3,(H,25,27)/b24-13+. The molecule has 0 bridgehead atoms. The van der Waals surface area contributed by atoms with E-state index in [4.69, 9.17) is 16.3 Å². The van der Waals surface area contributed by atoms with Crippen molar-refractivity contribution in [1.29, 1.82) is 0 Å². The van der Waals surface area contributed by atoms with Crippen molar-refractivity contribution in [2.24, 2.45) is 5.10 Å². The van der Waals surface area contributed by atoms with Crippen LogP contribution in [0.1, 0.15) is 27.0 Å². The highest BCUT2D eigenvalue weighted by Gasteiger charge is 2.09. The predicted octanol–water partition coefficient (Wildman–Crippen LogP) is 4.90. The number of rotatable bonds is 7. The molecule has 0 atom stereocenters. The largest absolute Gasteiger partial charge is 0.489 e. The summed E-state index contributed by atoms with van der Waals surface area (Å²) in [5, 5.41) is 14.9. The smallest absolute Gasteiger partial charge is 0.271 e. The van der Waals surface area contributed by atoms with E-state index in [1.807, 2.05) is 31.2 Å². The first kappa shape index (κ1) is 21.0. The number of ether oxygens (including phenoxy) is 1. The maximum Gasteiger partial charge on any atom is 0.271 e. The Morgan fingerprint density at radius 3 is 2.50 bits per heavy atom. The van der Waals surface area contributed by atoms with Crippen LogP contribution in [0.3, 0.4) is 0 Å². The second kappa shape index (κ2) is 9.67. The van der Waals surface area contributed by atoms with Crippen LogP contribution >= 0.6 is 11.6 Å². The summed E-state index contributed by atoms with van der Waals surface area (Å²) in [6.07, 6.45) is 1.26. The summed E-state index contributed by atoms with van der Waals surface area (Å²) < 4.78 is 5.72. The Kier molecular flexibility index (Phi) is 6.77. The summed E-state index contributed by atoms with van der Waals surface area (Å²) in [4.78, 5) is 22.5. The number of nitro benzene ring substituents is 1. The molecule has 0 unspecified atom stereocenters. The number of non-ortho nitro benzene ring substituents is 1. The molecule has 7 nitrogen and oxygen atoms in total. The third kappa shape index (κ3) is 5.65. The summed E-state index contributed by atoms with van der Waals surface area (Å²) in [7, 11) is 0. The first-order chi connectivity index (χ1) is 14.4. The van der Waals surface area contributed by atoms with Gasteiger partial charge in [0.15, 0.2) is 0 Å². The molecule has 3 rings (SSSR count). The van der Waals surface area contributed by atoms with Gasteiger partial charge >= 0.3 is 0 Å². The van der Waals surface area contributed by atoms with Crippen molar-refractivity contribution >= 4 is 29.4 Å². The molecular formula is C22H18ClN3O4. The van der Waals surface area contributed by atoms with Gasteiger partial charge in [0.05, 0.1) is 11.1 Å². The third-order valence-corrected chi connectivity index (χ3v) is 4.55. The van der Waals surface area contributed by atoms with Crippen LogP contribution in [0.4, 0.5) is 5.69 Å². The van der Waals surface area contributed by atoms with Crippen LogP contribution in [0, 0.1) is 17.0 Å². The Hall–Kier alpha value is -3.71. The van der Waals surface area contributed by atoms with Crippen LogP contribution in [0.15, 0.2) is 71.8 Å². The Labute approximate surface area is 178 Å². The van der Waals surface area contributed by atoms with Gasteiger partial charge in [0, 0.05) is 28.3 Å². The average molecular weight is 424 g/mol. The second-order valence-electron chi connectivity index (χ2n) is 6.46. The van der Waals surface area contributed by atoms with E-state index in [9.17, 15) is 14.9 Å². The highest BCUT2D eigenvalue weighted by molar-refractivity contribution is 6.33. The van der Waals surface area contributed by atoms with Gasteiger partial charge in [0.2, 0.25) is 0 Å². The van der Waals surface area contributed by atoms with Gasteiger partial charge in [-0.2, -0.15) is 5.10 Å². The Balaban J connectivity index is 1.57. The average Bonchev–Trinajstić information content (AvgIpc) is 2.74. The number of hydrogen-bond acceptors (Lipinski definition) is 5. The van der Waals surface area contributed by atoms with Crippen LogP contribution in [0.25, 0.3) is 0 Å². The van der Waals surface area contributed by atoms with Crippen molar-refractivity contribution in [2.75, 3.05) is 0 Å². The number of amides is 1. The van der Waals surface area contributed by atoms with E-state index in [2.05, 4.69) is 10.5 Å². The van der Waals surface area contributed by atoms with Gasteiger partial charge in [-0.05, 0) is 42.8 Å². The lowest BCUT2D eigenvalue weighted by Gasteiger charge is -2.07. The quantitative estimate of drug-likeness (QED) is 0.332. The molecule has 0 heterocycles. The molecule has 0 saturated carbocycles. The number of hydrazone groups is 1. The molecule has 0 radical (unpaired) electrons. The number of nitrogens with one attached hydrogen (secondary N) is 1. The molecule has 3 aromatic rings. The first-order valence-corrected chi connectivity index (χ1v) is 9.36. The van der Waals surface area contributed by atoms with Gasteiger partial charge < -0.3 is 4.74 Å². The lowest BCUT2D eigenvalue weighted by atomic mass is 10.2. The number of halogens is 1. The van der Waals surface area contributed by atoms with Gasteiger partial charge in [-0.15, -0.1) is 0 Å². The van der Waals surface area contributed by atoms with Gasteiger partial charge in [-0.1, -0.05) is 41.4 Å². The number of hydrogen-bond donors (Lipinski definition) is 1. The minimum Gasteiger partial charge on any atom is -0.489 e. The Morgan fingerprint density at radius 2 is 1.83 bits per heavy atom. The number of carbonyl (C=O) groups excluding carboxylic acids is 1. The van der Waals surface area contributed by atoms with Crippen LogP contribution in [0.2, 0.25) is 5.02 Å². The summed E-state index contributed by atoms with van der Waals surface area (Å²) in [5.74, 6) is 0.205. The molecule has 0 spiro atoms. The molecule has 1 amide bonds. The molecule has 0 fully saturated rings. The van der Waals surface area contributed by atoms with Gasteiger partial charge in [0.1, 0.15) is 12.4 Å². The molecule has 3 aromatic carbocycles. The number of aryl methyl sites for hydroxylation is 1. The van der Waals surface area contributed by atoms with Crippen molar-refractivity contribution in [1.82, 2.24) is 5.43 Å². The minimum atomic E-state index is -0.533. The molecule has 8 heteroatoms. The van der Waals surface area contributed by atoms with Crippen LogP contribution in [-0.4, -0.2) is 17.0 Å². The molecule has 0 aliphatic carbocycles. The van der Waals surface area contributed by atoms with Gasteiger partial charge in [0.25, 0.3) is 11.6 Å². The van der Waals surface area contributed by atoms with Crippen molar-refractivity contribution in [2.45, 2.75) is 13.5 Å². The van der Waals surface area contributed by atoms with Crippen molar-refractivity contribution in [3.8, 4) is 5.75 Å². The number of nitro groups is 1. The maximum absolute atomic E-state index is 12.2. The molecule has 0 aliphatic rings. The van der Waals surface area contributed by atoms with Crippen LogP contribution < -0.4 is 10.2 Å². The molecule has 0 saturated heterocycles. The summed E-state index contributed by atoms with van der Waals surface area (Å²) in [6, 6.07) is 18.7. The van der Waals surface area contributed by atoms with E-state index in [0.29, 0.717) is 23.5 Å². The van der Waals surface area contributed by atoms with Crippen molar-refractivity contribution in [3.05, 3.63) is 104 Å². The third-order valence-electron chi connectivity index (χ3n) is 4.20. The summed E-state index contributed by atoms with van der Waals surface area (Å²) in [5.41, 5.74) is 5.20. The van der Waals surface area contributed by atoms with E-state index >= 15 is 0 Å². The monoisotopic (exact) mass is 423 g/mol. The lowest BCUT2D eigenvalue weighted by molar-refractivity contribution is -0.384. The number of benzene rings is 3. The predicted molar refractivity (Wildman–Crippen MR) is 115 cm³/mol. The fraction of sp³-hybridized carbons (Fsp3) is 0.0909. The zero-order valence-corrected chi connectivity index (χ0v) is 16.8. The molecule has 0 aliphatic heterocycles. The van der Waals surface area contributed by atoms with Crippen molar-refractivity contribution < 1.29 is 14.5 Å². The zero-order valence-electron chi connectivity index (χ0n) is 16.0. The second-order valence-corrected chi connectivity index (χ2v) is 6.87. The van der Waals surface area contributed by atoms with Crippen molar-refractivity contribution in [3.63, 3.8) is 0 Å². The zero-order chi connectivity index (χ0) is 21.5. The Morgan fingerprint density at radius 1 is 1.13 bits per heavy atom. The molecule has 1 N–H and O–H groups in total. The fourth-order valence-corrected chi connectivity index (χ4v) is 2.69. The fourth-order valence-electron chi connectivity index (χ4n) is 2.52. The van der Waals surface area contributed by atoms with E-state index in [0.717, 1.165) is 5.56 Å². The Bertz CT molecular complexity index is 1080. The maximum atomic E-state index is 12.2. The molecule has 30 heavy (non-hydrogen) atoms. The molecular weight excluding hydrogens is 406 g/mol. The number of carbonyl (C=O) groups is 1. The summed E-state index contributed by atoms with van der Waals surface area (Å²) >= 11 is 5.99. The van der Waals surface area contributed by atoms with Crippen LogP contribution in [0.5, 0.6) is 5.75 Å². The highest BCUT2D eigenvalue weighted by atomic mass is 35.5. The van der Waals surface area contributed by atoms with E-state index in [1.165, 1.54) is 30.0 Å². The first-order valence-electron chi connectivity index (χ1n) is 8.98. The van der Waals surface area contributed by atoms with E-state index in [-0.39, 0.29) is 10.7 Å². The van der Waals surface area contributed by atoms with E-state index in [1.54, 1.807) is 24.3 Å². The van der Waals surface area contributed by atoms with E-state index < -0.39 is 10.8 Å². The lowest BCUT2D eigenvalue weighted by Crippen LogP contribution is -2.17. The topological polar surface area (TPSA) is 93.8 Å². The molecule has 0 aromatic heterocycles. The van der Waals surface area contributed by atoms with Gasteiger partial charge in [-0.3, -0.25) is 14.9 Å². The normalized spacial score (nSPS) is 10.7. The van der Waals surface area contributed by atoms with Crippen LogP contribution in [-0.2, 0) is 6.61 Å². The molecule has 152 valence electrons. The SMILES string of the molecule is Cc1ccc(COc2ccc(C(=O)N/N=C/c3cc([N+](=O)[O-])ccc3Cl)cc2)cc1. The number of nitrogens with zero attached hydrogens (tertiary/aromatic N) is 2. The minimum absolute atomic E-state index is 0.117. The summed E-state index contributed by atoms with van der Waals surface area (Å²) in [6.45, 7) is 2.46.